The van der Waals surface area contributed by atoms with E-state index in [0.717, 1.165) is 44.5 Å². The highest BCUT2D eigenvalue weighted by atomic mass is 16.5. The number of hydroxylamine groups is 1. The van der Waals surface area contributed by atoms with Gasteiger partial charge in [0.2, 0.25) is 5.91 Å². The second kappa shape index (κ2) is 8.38. The molecule has 0 aliphatic carbocycles. The van der Waals surface area contributed by atoms with E-state index >= 15 is 0 Å². The Bertz CT molecular complexity index is 493. The number of para-hydroxylation sites is 1. The van der Waals surface area contributed by atoms with Crippen LogP contribution in [0.15, 0.2) is 30.3 Å². The molecule has 6 heteroatoms. The van der Waals surface area contributed by atoms with Crippen LogP contribution in [0.5, 0.6) is 0 Å². The van der Waals surface area contributed by atoms with Gasteiger partial charge in [-0.15, -0.1) is 0 Å². The Morgan fingerprint density at radius 3 is 2.77 bits per heavy atom. The third-order valence-corrected chi connectivity index (χ3v) is 3.97. The van der Waals surface area contributed by atoms with Crippen molar-refractivity contribution in [3.63, 3.8) is 0 Å². The van der Waals surface area contributed by atoms with E-state index in [1.54, 1.807) is 5.48 Å². The van der Waals surface area contributed by atoms with E-state index in [2.05, 4.69) is 5.32 Å². The minimum absolute atomic E-state index is 0.0657. The Hall–Kier alpha value is -2.08. The van der Waals surface area contributed by atoms with Crippen molar-refractivity contribution in [3.8, 4) is 0 Å². The number of anilines is 1. The van der Waals surface area contributed by atoms with Crippen LogP contribution >= 0.6 is 0 Å². The van der Waals surface area contributed by atoms with Gasteiger partial charge in [0, 0.05) is 25.2 Å². The number of amides is 3. The zero-order valence-corrected chi connectivity index (χ0v) is 12.6. The van der Waals surface area contributed by atoms with Gasteiger partial charge in [-0.05, 0) is 43.7 Å². The molecule has 0 aromatic heterocycles. The first-order valence-electron chi connectivity index (χ1n) is 7.73. The quantitative estimate of drug-likeness (QED) is 0.577. The van der Waals surface area contributed by atoms with Gasteiger partial charge in [-0.1, -0.05) is 18.2 Å². The lowest BCUT2D eigenvalue weighted by molar-refractivity contribution is -0.129. The number of benzene rings is 1. The second-order valence-corrected chi connectivity index (χ2v) is 5.68. The van der Waals surface area contributed by atoms with E-state index in [-0.39, 0.29) is 11.9 Å². The summed E-state index contributed by atoms with van der Waals surface area (Å²) < 4.78 is 0. The molecule has 0 bridgehead atoms. The summed E-state index contributed by atoms with van der Waals surface area (Å²) in [5.74, 6) is 0.0660. The number of hydrogen-bond donors (Lipinski definition) is 3. The van der Waals surface area contributed by atoms with Gasteiger partial charge in [0.25, 0.3) is 0 Å². The van der Waals surface area contributed by atoms with Crippen LogP contribution in [0.25, 0.3) is 0 Å². The molecule has 0 unspecified atom stereocenters. The SMILES string of the molecule is O=C(CCC[C@H]1CCCN(C(=O)Nc2ccccc2)C1)NO. The van der Waals surface area contributed by atoms with E-state index in [4.69, 9.17) is 5.21 Å². The molecular formula is C16H23N3O3. The minimum Gasteiger partial charge on any atom is -0.324 e. The smallest absolute Gasteiger partial charge is 0.321 e. The summed E-state index contributed by atoms with van der Waals surface area (Å²) in [7, 11) is 0. The lowest BCUT2D eigenvalue weighted by Gasteiger charge is -2.32. The molecule has 1 atom stereocenters. The van der Waals surface area contributed by atoms with E-state index < -0.39 is 0 Å². The fourth-order valence-electron chi connectivity index (χ4n) is 2.82. The molecule has 3 amide bonds. The first-order valence-corrected chi connectivity index (χ1v) is 7.73. The Balaban J connectivity index is 1.77. The molecule has 2 rings (SSSR count). The monoisotopic (exact) mass is 305 g/mol. The van der Waals surface area contributed by atoms with Crippen molar-refractivity contribution in [2.45, 2.75) is 32.1 Å². The van der Waals surface area contributed by atoms with Gasteiger partial charge in [0.1, 0.15) is 0 Å². The topological polar surface area (TPSA) is 81.7 Å². The fraction of sp³-hybridized carbons (Fsp3) is 0.500. The molecule has 0 radical (unpaired) electrons. The van der Waals surface area contributed by atoms with Crippen molar-refractivity contribution in [1.82, 2.24) is 10.4 Å². The summed E-state index contributed by atoms with van der Waals surface area (Å²) in [5.41, 5.74) is 2.44. The van der Waals surface area contributed by atoms with E-state index in [1.807, 2.05) is 35.2 Å². The zero-order chi connectivity index (χ0) is 15.8. The maximum absolute atomic E-state index is 12.3. The maximum Gasteiger partial charge on any atom is 0.321 e. The average molecular weight is 305 g/mol. The van der Waals surface area contributed by atoms with Crippen LogP contribution < -0.4 is 10.8 Å². The van der Waals surface area contributed by atoms with Crippen LogP contribution in [-0.4, -0.2) is 35.1 Å². The number of nitrogens with one attached hydrogen (secondary N) is 2. The maximum atomic E-state index is 12.3. The van der Waals surface area contributed by atoms with Crippen LogP contribution in [0.4, 0.5) is 10.5 Å². The summed E-state index contributed by atoms with van der Waals surface area (Å²) >= 11 is 0. The highest BCUT2D eigenvalue weighted by Gasteiger charge is 2.23. The van der Waals surface area contributed by atoms with Crippen molar-refractivity contribution in [3.05, 3.63) is 30.3 Å². The molecule has 6 nitrogen and oxygen atoms in total. The fourth-order valence-corrected chi connectivity index (χ4v) is 2.82. The highest BCUT2D eigenvalue weighted by molar-refractivity contribution is 5.89. The largest absolute Gasteiger partial charge is 0.324 e. The van der Waals surface area contributed by atoms with Gasteiger partial charge in [0.05, 0.1) is 0 Å². The summed E-state index contributed by atoms with van der Waals surface area (Å²) in [5, 5.41) is 11.4. The summed E-state index contributed by atoms with van der Waals surface area (Å²) in [6.45, 7) is 1.49. The molecule has 1 fully saturated rings. The van der Waals surface area contributed by atoms with Crippen molar-refractivity contribution in [2.75, 3.05) is 18.4 Å². The highest BCUT2D eigenvalue weighted by Crippen LogP contribution is 2.22. The first-order chi connectivity index (χ1) is 10.7. The molecule has 120 valence electrons. The molecule has 22 heavy (non-hydrogen) atoms. The van der Waals surface area contributed by atoms with Crippen molar-refractivity contribution >= 4 is 17.6 Å². The van der Waals surface area contributed by atoms with Crippen molar-refractivity contribution < 1.29 is 14.8 Å². The molecule has 1 aliphatic heterocycles. The number of urea groups is 1. The summed E-state index contributed by atoms with van der Waals surface area (Å²) in [6.07, 6.45) is 4.01. The zero-order valence-electron chi connectivity index (χ0n) is 12.6. The number of hydrogen-bond acceptors (Lipinski definition) is 3. The van der Waals surface area contributed by atoms with Crippen molar-refractivity contribution in [1.29, 1.82) is 0 Å². The lowest BCUT2D eigenvalue weighted by Crippen LogP contribution is -2.42. The van der Waals surface area contributed by atoms with Crippen LogP contribution in [0.1, 0.15) is 32.1 Å². The molecule has 0 spiro atoms. The number of nitrogens with zero attached hydrogens (tertiary/aromatic N) is 1. The number of piperidine rings is 1. The molecular weight excluding hydrogens is 282 g/mol. The van der Waals surface area contributed by atoms with Crippen LogP contribution in [-0.2, 0) is 4.79 Å². The number of carbonyl (C=O) groups excluding carboxylic acids is 2. The van der Waals surface area contributed by atoms with E-state index in [0.29, 0.717) is 12.3 Å². The Kier molecular flexibility index (Phi) is 6.21. The molecule has 1 heterocycles. The minimum atomic E-state index is -0.352. The normalized spacial score (nSPS) is 17.9. The van der Waals surface area contributed by atoms with Crippen LogP contribution in [0.2, 0.25) is 0 Å². The van der Waals surface area contributed by atoms with Gasteiger partial charge in [-0.3, -0.25) is 10.0 Å². The number of carbonyl (C=O) groups is 2. The first kappa shape index (κ1) is 16.3. The molecule has 1 aromatic carbocycles. The third kappa shape index (κ3) is 5.04. The molecule has 1 saturated heterocycles. The van der Waals surface area contributed by atoms with Gasteiger partial charge < -0.3 is 10.2 Å². The molecule has 1 aliphatic rings. The summed E-state index contributed by atoms with van der Waals surface area (Å²) in [6, 6.07) is 9.36. The van der Waals surface area contributed by atoms with Crippen molar-refractivity contribution in [2.24, 2.45) is 5.92 Å². The number of likely N-dealkylation sites (tertiary alicyclic amines) is 1. The predicted molar refractivity (Wildman–Crippen MR) is 83.5 cm³/mol. The predicted octanol–water partition coefficient (Wildman–Crippen LogP) is 2.61. The van der Waals surface area contributed by atoms with Crippen LogP contribution in [0.3, 0.4) is 0 Å². The van der Waals surface area contributed by atoms with E-state index in [1.165, 1.54) is 0 Å². The Morgan fingerprint density at radius 1 is 1.27 bits per heavy atom. The van der Waals surface area contributed by atoms with Gasteiger partial charge in [-0.25, -0.2) is 10.3 Å². The Labute approximate surface area is 130 Å². The summed E-state index contributed by atoms with van der Waals surface area (Å²) in [4.78, 5) is 25.1. The number of rotatable bonds is 5. The third-order valence-electron chi connectivity index (χ3n) is 3.97. The molecule has 0 saturated carbocycles. The lowest BCUT2D eigenvalue weighted by atomic mass is 9.93. The van der Waals surface area contributed by atoms with Crippen LogP contribution in [0, 0.1) is 5.92 Å². The average Bonchev–Trinajstić information content (AvgIpc) is 2.56. The Morgan fingerprint density at radius 2 is 2.05 bits per heavy atom. The molecule has 1 aromatic rings. The second-order valence-electron chi connectivity index (χ2n) is 5.68. The molecule has 3 N–H and O–H groups in total. The van der Waals surface area contributed by atoms with Gasteiger partial charge >= 0.3 is 6.03 Å². The van der Waals surface area contributed by atoms with E-state index in [9.17, 15) is 9.59 Å². The van der Waals surface area contributed by atoms with Gasteiger partial charge in [0.15, 0.2) is 0 Å². The van der Waals surface area contributed by atoms with Gasteiger partial charge in [-0.2, -0.15) is 0 Å². The standard InChI is InChI=1S/C16H23N3O3/c20-15(18-22)10-4-6-13-7-5-11-19(12-13)16(21)17-14-8-2-1-3-9-14/h1-3,8-9,13,22H,4-7,10-12H2,(H,17,21)(H,18,20)/t13-/m0/s1.